The summed E-state index contributed by atoms with van der Waals surface area (Å²) in [6, 6.07) is 3.61. The molecule has 0 bridgehead atoms. The minimum atomic E-state index is -0.794. The van der Waals surface area contributed by atoms with Gasteiger partial charge in [0, 0.05) is 12.1 Å². The van der Waals surface area contributed by atoms with Crippen LogP contribution in [0.25, 0.3) is 0 Å². The first-order valence-electron chi connectivity index (χ1n) is 7.17. The number of nitro groups is 2. The van der Waals surface area contributed by atoms with Crippen molar-refractivity contribution in [1.82, 2.24) is 15.6 Å². The summed E-state index contributed by atoms with van der Waals surface area (Å²) in [5.74, 6) is 0. The molecule has 1 aromatic carbocycles. The molecule has 2 saturated heterocycles. The van der Waals surface area contributed by atoms with Gasteiger partial charge in [0.1, 0.15) is 0 Å². The number of rotatable bonds is 3. The first-order valence-corrected chi connectivity index (χ1v) is 7.98. The van der Waals surface area contributed by atoms with Gasteiger partial charge in [0.2, 0.25) is 0 Å². The molecular formula is C13H14N6O4S2. The van der Waals surface area contributed by atoms with Crippen LogP contribution in [0.5, 0.6) is 0 Å². The van der Waals surface area contributed by atoms with Crippen LogP contribution in [0.15, 0.2) is 18.2 Å². The van der Waals surface area contributed by atoms with Crippen molar-refractivity contribution >= 4 is 51.7 Å². The Morgan fingerprint density at radius 1 is 1.00 bits per heavy atom. The quantitative estimate of drug-likeness (QED) is 0.455. The Morgan fingerprint density at radius 3 is 2.16 bits per heavy atom. The molecule has 1 unspecified atom stereocenters. The average Bonchev–Trinajstić information content (AvgIpc) is 2.86. The third kappa shape index (κ3) is 2.28. The highest BCUT2D eigenvalue weighted by atomic mass is 32.1. The number of nitro benzene ring substituents is 2. The molecule has 12 heteroatoms. The van der Waals surface area contributed by atoms with Crippen LogP contribution in [-0.2, 0) is 0 Å². The first kappa shape index (κ1) is 17.2. The Labute approximate surface area is 153 Å². The van der Waals surface area contributed by atoms with Gasteiger partial charge in [0.15, 0.2) is 15.9 Å². The van der Waals surface area contributed by atoms with Crippen LogP contribution < -0.4 is 15.6 Å². The second kappa shape index (κ2) is 5.20. The number of hydrazine groups is 1. The Kier molecular flexibility index (Phi) is 3.58. The highest BCUT2D eigenvalue weighted by Crippen LogP contribution is 2.41. The predicted molar refractivity (Wildman–Crippen MR) is 98.0 cm³/mol. The van der Waals surface area contributed by atoms with E-state index in [1.165, 1.54) is 11.1 Å². The molecular weight excluding hydrogens is 368 g/mol. The van der Waals surface area contributed by atoms with E-state index in [4.69, 9.17) is 24.4 Å². The molecule has 3 rings (SSSR count). The van der Waals surface area contributed by atoms with Crippen molar-refractivity contribution in [3.8, 4) is 0 Å². The summed E-state index contributed by atoms with van der Waals surface area (Å²) in [5.41, 5.74) is -2.07. The van der Waals surface area contributed by atoms with Crippen molar-refractivity contribution in [2.75, 3.05) is 5.01 Å². The number of nitrogens with zero attached hydrogens (tertiary/aromatic N) is 4. The Morgan fingerprint density at radius 2 is 1.60 bits per heavy atom. The zero-order chi connectivity index (χ0) is 18.7. The molecule has 0 aromatic heterocycles. The maximum atomic E-state index is 11.2. The maximum absolute atomic E-state index is 11.2. The topological polar surface area (TPSA) is 117 Å². The second-order valence-electron chi connectivity index (χ2n) is 6.37. The summed E-state index contributed by atoms with van der Waals surface area (Å²) < 4.78 is 0. The van der Waals surface area contributed by atoms with Gasteiger partial charge in [0.05, 0.1) is 21.1 Å². The highest BCUT2D eigenvalue weighted by Gasteiger charge is 2.61. The molecule has 0 saturated carbocycles. The van der Waals surface area contributed by atoms with Crippen LogP contribution in [0.1, 0.15) is 20.8 Å². The lowest BCUT2D eigenvalue weighted by Crippen LogP contribution is -2.60. The van der Waals surface area contributed by atoms with Gasteiger partial charge < -0.3 is 10.6 Å². The molecule has 0 radical (unpaired) electrons. The van der Waals surface area contributed by atoms with Crippen LogP contribution in [0.2, 0.25) is 0 Å². The average molecular weight is 382 g/mol. The number of hydrogen-bond donors (Lipinski definition) is 2. The summed E-state index contributed by atoms with van der Waals surface area (Å²) in [5, 5.41) is 32.5. The van der Waals surface area contributed by atoms with E-state index in [1.807, 2.05) is 20.8 Å². The molecule has 2 heterocycles. The van der Waals surface area contributed by atoms with Crippen molar-refractivity contribution in [3.63, 3.8) is 0 Å². The molecule has 25 heavy (non-hydrogen) atoms. The number of fused-ring (bicyclic) bond motifs is 1. The fourth-order valence-corrected chi connectivity index (χ4v) is 3.84. The SMILES string of the molecule is CC1(C)NC(=S)N2N(c3ccc([N+](=O)[O-])c([N+](=O)[O-])c3)C(=S)NC21C. The monoisotopic (exact) mass is 382 g/mol. The number of thiocarbonyl (C=S) groups is 2. The summed E-state index contributed by atoms with van der Waals surface area (Å²) in [4.78, 5) is 20.6. The fraction of sp³-hybridized carbons (Fsp3) is 0.385. The number of anilines is 1. The van der Waals surface area contributed by atoms with E-state index in [-0.39, 0.29) is 0 Å². The van der Waals surface area contributed by atoms with Gasteiger partial charge in [-0.05, 0) is 51.3 Å². The summed E-state index contributed by atoms with van der Waals surface area (Å²) in [6.07, 6.45) is 0. The van der Waals surface area contributed by atoms with Gasteiger partial charge in [-0.1, -0.05) is 0 Å². The number of nitrogens with one attached hydrogen (secondary N) is 2. The zero-order valence-corrected chi connectivity index (χ0v) is 15.1. The third-order valence-electron chi connectivity index (χ3n) is 4.59. The van der Waals surface area contributed by atoms with E-state index in [9.17, 15) is 20.2 Å². The van der Waals surface area contributed by atoms with Gasteiger partial charge in [-0.15, -0.1) is 0 Å². The van der Waals surface area contributed by atoms with Crippen molar-refractivity contribution in [1.29, 1.82) is 0 Å². The number of benzene rings is 1. The molecule has 0 spiro atoms. The molecule has 0 amide bonds. The first-order chi connectivity index (χ1) is 11.5. The summed E-state index contributed by atoms with van der Waals surface area (Å²) in [6.45, 7) is 5.78. The normalized spacial score (nSPS) is 24.0. The zero-order valence-electron chi connectivity index (χ0n) is 13.5. The molecule has 2 fully saturated rings. The van der Waals surface area contributed by atoms with E-state index in [2.05, 4.69) is 10.6 Å². The minimum absolute atomic E-state index is 0.294. The fourth-order valence-electron chi connectivity index (χ4n) is 2.94. The van der Waals surface area contributed by atoms with E-state index in [0.717, 1.165) is 12.1 Å². The van der Waals surface area contributed by atoms with Crippen molar-refractivity contribution in [2.24, 2.45) is 0 Å². The molecule has 0 aliphatic carbocycles. The third-order valence-corrected chi connectivity index (χ3v) is 5.14. The maximum Gasteiger partial charge on any atom is 0.348 e. The van der Waals surface area contributed by atoms with Crippen LogP contribution in [0.4, 0.5) is 17.1 Å². The molecule has 2 aliphatic heterocycles. The van der Waals surface area contributed by atoms with Crippen LogP contribution in [-0.4, -0.2) is 36.3 Å². The van der Waals surface area contributed by atoms with Crippen molar-refractivity contribution in [2.45, 2.75) is 32.0 Å². The van der Waals surface area contributed by atoms with Gasteiger partial charge >= 0.3 is 11.4 Å². The van der Waals surface area contributed by atoms with Crippen LogP contribution in [0.3, 0.4) is 0 Å². The Hall–Kier alpha value is -2.60. The molecule has 1 atom stereocenters. The standard InChI is InChI=1S/C13H14N6O4S2/c1-12(2)13(3)15-10(24)16(17(13)11(25)14-12)7-4-5-8(18(20)21)9(6-7)19(22)23/h4-6H,1-3H3,(H,14,25)(H,15,24). The summed E-state index contributed by atoms with van der Waals surface area (Å²) in [7, 11) is 0. The highest BCUT2D eigenvalue weighted by molar-refractivity contribution is 7.81. The Bertz CT molecular complexity index is 844. The van der Waals surface area contributed by atoms with E-state index in [1.54, 1.807) is 5.01 Å². The number of hydrogen-bond acceptors (Lipinski definition) is 6. The largest absolute Gasteiger partial charge is 0.352 e. The smallest absolute Gasteiger partial charge is 0.348 e. The lowest BCUT2D eigenvalue weighted by Gasteiger charge is -2.37. The molecule has 132 valence electrons. The second-order valence-corrected chi connectivity index (χ2v) is 7.14. The van der Waals surface area contributed by atoms with Gasteiger partial charge in [-0.3, -0.25) is 20.2 Å². The van der Waals surface area contributed by atoms with Crippen molar-refractivity contribution < 1.29 is 9.85 Å². The predicted octanol–water partition coefficient (Wildman–Crippen LogP) is 1.80. The van der Waals surface area contributed by atoms with E-state index >= 15 is 0 Å². The van der Waals surface area contributed by atoms with E-state index < -0.39 is 32.4 Å². The lowest BCUT2D eigenvalue weighted by atomic mass is 9.91. The lowest BCUT2D eigenvalue weighted by molar-refractivity contribution is -0.422. The molecule has 2 aliphatic rings. The molecule has 1 aromatic rings. The van der Waals surface area contributed by atoms with Crippen molar-refractivity contribution in [3.05, 3.63) is 38.4 Å². The van der Waals surface area contributed by atoms with Gasteiger partial charge in [-0.2, -0.15) is 0 Å². The Balaban J connectivity index is 2.13. The minimum Gasteiger partial charge on any atom is -0.352 e. The molecule has 2 N–H and O–H groups in total. The molecule has 10 nitrogen and oxygen atoms in total. The van der Waals surface area contributed by atoms with Gasteiger partial charge in [0.25, 0.3) is 0 Å². The van der Waals surface area contributed by atoms with Crippen LogP contribution in [0, 0.1) is 20.2 Å². The van der Waals surface area contributed by atoms with Crippen LogP contribution >= 0.6 is 24.4 Å². The van der Waals surface area contributed by atoms with Gasteiger partial charge in [-0.25, -0.2) is 10.0 Å². The summed E-state index contributed by atoms with van der Waals surface area (Å²) >= 11 is 10.8. The van der Waals surface area contributed by atoms with E-state index in [0.29, 0.717) is 15.9 Å².